The topological polar surface area (TPSA) is 72.5 Å². The molecule has 0 bridgehead atoms. The number of hydrogen-bond acceptors (Lipinski definition) is 6. The molecule has 3 N–H and O–H groups in total. The summed E-state index contributed by atoms with van der Waals surface area (Å²) in [4.78, 5) is 20.7. The van der Waals surface area contributed by atoms with Crippen LogP contribution in [0.4, 0.5) is 36.1 Å². The van der Waals surface area contributed by atoms with E-state index >= 15 is 0 Å². The number of likely N-dealkylation sites (N-methyl/N-ethyl adjacent to an activating group) is 1. The average molecular weight is 519 g/mol. The quantitative estimate of drug-likeness (QED) is 0.390. The number of aromatic nitrogens is 1. The first-order chi connectivity index (χ1) is 17.7. The van der Waals surface area contributed by atoms with Crippen LogP contribution in [0.5, 0.6) is 0 Å². The Morgan fingerprint density at radius 2 is 1.84 bits per heavy atom. The Kier molecular flexibility index (Phi) is 8.79. The van der Waals surface area contributed by atoms with Gasteiger partial charge in [-0.1, -0.05) is 13.3 Å². The van der Waals surface area contributed by atoms with Crippen LogP contribution in [0.25, 0.3) is 0 Å². The number of benzene rings is 1. The van der Waals surface area contributed by atoms with Gasteiger partial charge >= 0.3 is 6.18 Å². The van der Waals surface area contributed by atoms with Crippen molar-refractivity contribution in [1.82, 2.24) is 15.2 Å². The molecule has 0 unspecified atom stereocenters. The van der Waals surface area contributed by atoms with Gasteiger partial charge in [0.1, 0.15) is 5.82 Å². The molecule has 2 fully saturated rings. The summed E-state index contributed by atoms with van der Waals surface area (Å²) in [6.45, 7) is 6.75. The first kappa shape index (κ1) is 27.0. The fourth-order valence-electron chi connectivity index (χ4n) is 4.63. The smallest absolute Gasteiger partial charge is 0.384 e. The van der Waals surface area contributed by atoms with E-state index in [0.717, 1.165) is 75.0 Å². The van der Waals surface area contributed by atoms with Gasteiger partial charge in [0.25, 0.3) is 0 Å². The summed E-state index contributed by atoms with van der Waals surface area (Å²) in [6, 6.07) is 7.58. The fraction of sp³-hybridized carbons (Fsp3) is 0.556. The molecule has 0 atom stereocenters. The van der Waals surface area contributed by atoms with E-state index in [9.17, 15) is 18.0 Å². The van der Waals surface area contributed by atoms with Gasteiger partial charge in [0, 0.05) is 68.8 Å². The van der Waals surface area contributed by atoms with Crippen LogP contribution >= 0.6 is 0 Å². The Hall–Kier alpha value is -3.01. The first-order valence-electron chi connectivity index (χ1n) is 13.2. The molecule has 2 heterocycles. The SMILES string of the molecule is CCc1cc(N2CCN(C)CC2)ccc1Nc1cc(NCCCNC(=O)C2CCC2)c(C(F)(F)F)cn1. The Morgan fingerprint density at radius 3 is 2.49 bits per heavy atom. The zero-order valence-electron chi connectivity index (χ0n) is 21.6. The predicted molar refractivity (Wildman–Crippen MR) is 142 cm³/mol. The molecule has 37 heavy (non-hydrogen) atoms. The van der Waals surface area contributed by atoms with E-state index in [4.69, 9.17) is 0 Å². The summed E-state index contributed by atoms with van der Waals surface area (Å²) in [5.41, 5.74) is 2.23. The molecule has 2 aliphatic rings. The number of nitrogens with zero attached hydrogens (tertiary/aromatic N) is 3. The number of anilines is 4. The molecule has 1 amide bonds. The lowest BCUT2D eigenvalue weighted by molar-refractivity contribution is -0.137. The van der Waals surface area contributed by atoms with Crippen LogP contribution in [0, 0.1) is 5.92 Å². The minimum absolute atomic E-state index is 0.0255. The van der Waals surface area contributed by atoms with Crippen molar-refractivity contribution in [3.8, 4) is 0 Å². The average Bonchev–Trinajstić information content (AvgIpc) is 2.83. The maximum absolute atomic E-state index is 13.6. The lowest BCUT2D eigenvalue weighted by atomic mass is 9.85. The molecule has 1 aliphatic carbocycles. The van der Waals surface area contributed by atoms with Gasteiger partial charge in [-0.25, -0.2) is 4.98 Å². The zero-order valence-corrected chi connectivity index (χ0v) is 21.6. The Morgan fingerprint density at radius 1 is 1.08 bits per heavy atom. The summed E-state index contributed by atoms with van der Waals surface area (Å²) in [7, 11) is 2.12. The maximum Gasteiger partial charge on any atom is 0.419 e. The number of rotatable bonds is 10. The fourth-order valence-corrected chi connectivity index (χ4v) is 4.63. The minimum atomic E-state index is -4.52. The van der Waals surface area contributed by atoms with Crippen molar-refractivity contribution in [2.24, 2.45) is 5.92 Å². The number of amides is 1. The lowest BCUT2D eigenvalue weighted by Gasteiger charge is -2.34. The third kappa shape index (κ3) is 7.06. The van der Waals surface area contributed by atoms with Gasteiger partial charge in [0.05, 0.1) is 11.3 Å². The number of nitrogens with one attached hydrogen (secondary N) is 3. The van der Waals surface area contributed by atoms with Crippen LogP contribution in [-0.2, 0) is 17.4 Å². The summed E-state index contributed by atoms with van der Waals surface area (Å²) in [5.74, 6) is 0.487. The minimum Gasteiger partial charge on any atom is -0.384 e. The second-order valence-electron chi connectivity index (χ2n) is 9.92. The highest BCUT2D eigenvalue weighted by molar-refractivity contribution is 5.79. The van der Waals surface area contributed by atoms with E-state index in [1.54, 1.807) is 0 Å². The van der Waals surface area contributed by atoms with Crippen molar-refractivity contribution in [3.63, 3.8) is 0 Å². The molecule has 202 valence electrons. The number of alkyl halides is 3. The largest absolute Gasteiger partial charge is 0.419 e. The van der Waals surface area contributed by atoms with E-state index in [1.165, 1.54) is 6.07 Å². The van der Waals surface area contributed by atoms with E-state index in [0.29, 0.717) is 25.3 Å². The maximum atomic E-state index is 13.6. The lowest BCUT2D eigenvalue weighted by Crippen LogP contribution is -2.44. The second kappa shape index (κ2) is 12.0. The second-order valence-corrected chi connectivity index (χ2v) is 9.92. The molecule has 1 aromatic heterocycles. The van der Waals surface area contributed by atoms with Crippen molar-refractivity contribution in [3.05, 3.63) is 41.6 Å². The van der Waals surface area contributed by atoms with Crippen molar-refractivity contribution in [2.75, 3.05) is 61.8 Å². The van der Waals surface area contributed by atoms with Crippen molar-refractivity contribution < 1.29 is 18.0 Å². The van der Waals surface area contributed by atoms with Gasteiger partial charge in [-0.15, -0.1) is 0 Å². The first-order valence-corrected chi connectivity index (χ1v) is 13.2. The third-order valence-corrected chi connectivity index (χ3v) is 7.25. The number of hydrogen-bond donors (Lipinski definition) is 3. The number of pyridine rings is 1. The molecule has 4 rings (SSSR count). The molecule has 1 saturated carbocycles. The van der Waals surface area contributed by atoms with Crippen molar-refractivity contribution in [2.45, 2.75) is 45.2 Å². The Labute approximate surface area is 216 Å². The van der Waals surface area contributed by atoms with Crippen molar-refractivity contribution >= 4 is 28.8 Å². The van der Waals surface area contributed by atoms with Gasteiger partial charge < -0.3 is 25.8 Å². The standard InChI is InChI=1S/C27H37F3N6O/c1-3-19-16-21(36-14-12-35(2)13-15-36)8-9-23(19)34-25-17-24(22(18-33-25)27(28,29)30)31-10-5-11-32-26(37)20-6-4-7-20/h8-9,16-18,20H,3-7,10-15H2,1-2H3,(H,32,37)(H2,31,33,34). The van der Waals surface area contributed by atoms with Crippen LogP contribution in [-0.4, -0.2) is 62.1 Å². The number of aryl methyl sites for hydroxylation is 1. The van der Waals surface area contributed by atoms with E-state index in [-0.39, 0.29) is 17.5 Å². The van der Waals surface area contributed by atoms with Crippen LogP contribution in [0.3, 0.4) is 0 Å². The van der Waals surface area contributed by atoms with Crippen LogP contribution in [0.1, 0.15) is 43.7 Å². The molecule has 0 radical (unpaired) electrons. The number of carbonyl (C=O) groups excluding carboxylic acids is 1. The Bertz CT molecular complexity index is 1060. The van der Waals surface area contributed by atoms with E-state index in [2.05, 4.69) is 50.8 Å². The predicted octanol–water partition coefficient (Wildman–Crippen LogP) is 4.88. The molecule has 2 aromatic rings. The van der Waals surface area contributed by atoms with Gasteiger partial charge in [-0.3, -0.25) is 4.79 Å². The number of halogens is 3. The summed E-state index contributed by atoms with van der Waals surface area (Å²) >= 11 is 0. The highest BCUT2D eigenvalue weighted by Gasteiger charge is 2.34. The number of piperazine rings is 1. The molecular weight excluding hydrogens is 481 g/mol. The highest BCUT2D eigenvalue weighted by atomic mass is 19.4. The highest BCUT2D eigenvalue weighted by Crippen LogP contribution is 2.36. The molecule has 10 heteroatoms. The van der Waals surface area contributed by atoms with Crippen molar-refractivity contribution in [1.29, 1.82) is 0 Å². The van der Waals surface area contributed by atoms with Gasteiger partial charge in [0.2, 0.25) is 5.91 Å². The Balaban J connectivity index is 1.41. The van der Waals surface area contributed by atoms with E-state index < -0.39 is 11.7 Å². The van der Waals surface area contributed by atoms with Crippen LogP contribution in [0.2, 0.25) is 0 Å². The molecule has 7 nitrogen and oxygen atoms in total. The zero-order chi connectivity index (χ0) is 26.4. The summed E-state index contributed by atoms with van der Waals surface area (Å²) in [5, 5.41) is 8.99. The van der Waals surface area contributed by atoms with Crippen LogP contribution in [0.15, 0.2) is 30.5 Å². The normalized spacial score (nSPS) is 16.8. The van der Waals surface area contributed by atoms with E-state index in [1.807, 2.05) is 12.1 Å². The van der Waals surface area contributed by atoms with Gasteiger partial charge in [-0.05, 0) is 56.5 Å². The van der Waals surface area contributed by atoms with Gasteiger partial charge in [-0.2, -0.15) is 13.2 Å². The molecule has 1 aromatic carbocycles. The summed E-state index contributed by atoms with van der Waals surface area (Å²) < 4.78 is 40.9. The molecule has 0 spiro atoms. The monoisotopic (exact) mass is 518 g/mol. The van der Waals surface area contributed by atoms with Gasteiger partial charge in [0.15, 0.2) is 0 Å². The number of carbonyl (C=O) groups is 1. The molecule has 1 saturated heterocycles. The summed E-state index contributed by atoms with van der Waals surface area (Å²) in [6.07, 6.45) is 0.571. The molecular formula is C27H37F3N6O. The third-order valence-electron chi connectivity index (χ3n) is 7.25. The molecule has 1 aliphatic heterocycles. The van der Waals surface area contributed by atoms with Crippen LogP contribution < -0.4 is 20.9 Å².